The molecule has 0 heterocycles. The van der Waals surface area contributed by atoms with Crippen molar-refractivity contribution in [2.45, 2.75) is 6.92 Å². The smallest absolute Gasteiger partial charge is 0.418 e. The van der Waals surface area contributed by atoms with E-state index in [-0.39, 0.29) is 0 Å². The van der Waals surface area contributed by atoms with Gasteiger partial charge in [0.1, 0.15) is 5.75 Å². The normalized spacial score (nSPS) is 8.69. The van der Waals surface area contributed by atoms with Gasteiger partial charge in [-0.25, -0.2) is 4.79 Å². The molecule has 13 heavy (non-hydrogen) atoms. The van der Waals surface area contributed by atoms with Crippen LogP contribution in [0.5, 0.6) is 5.75 Å². The van der Waals surface area contributed by atoms with Crippen LogP contribution in [0.2, 0.25) is 0 Å². The van der Waals surface area contributed by atoms with Crippen molar-refractivity contribution in [1.29, 1.82) is 0 Å². The number of nitrogens with zero attached hydrogens (tertiary/aromatic N) is 2. The predicted molar refractivity (Wildman–Crippen MR) is 46.5 cm³/mol. The zero-order chi connectivity index (χ0) is 9.68. The van der Waals surface area contributed by atoms with E-state index in [2.05, 4.69) is 4.79 Å². The molecule has 1 aromatic rings. The van der Waals surface area contributed by atoms with Crippen molar-refractivity contribution in [3.8, 4) is 5.75 Å². The van der Waals surface area contributed by atoms with Gasteiger partial charge in [0.05, 0.1) is 0 Å². The second-order valence-corrected chi connectivity index (χ2v) is 2.48. The summed E-state index contributed by atoms with van der Waals surface area (Å²) in [6.07, 6.45) is 0.694. The van der Waals surface area contributed by atoms with Gasteiger partial charge in [0, 0.05) is 0 Å². The monoisotopic (exact) mass is 176 g/mol. The van der Waals surface area contributed by atoms with Crippen molar-refractivity contribution < 1.29 is 14.3 Å². The maximum absolute atomic E-state index is 10.8. The summed E-state index contributed by atoms with van der Waals surface area (Å²) >= 11 is 0. The lowest BCUT2D eigenvalue weighted by Gasteiger charge is -1.98. The number of carbonyl (C=O) groups is 1. The van der Waals surface area contributed by atoms with Gasteiger partial charge in [-0.05, 0) is 19.1 Å². The number of aryl methyl sites for hydroxylation is 1. The van der Waals surface area contributed by atoms with Crippen LogP contribution >= 0.6 is 0 Å². The third-order valence-corrected chi connectivity index (χ3v) is 1.40. The molecule has 0 aliphatic carbocycles. The number of rotatable bonds is 2. The molecular formula is C9H8N2O2. The third-order valence-electron chi connectivity index (χ3n) is 1.40. The molecule has 1 rings (SSSR count). The van der Waals surface area contributed by atoms with E-state index in [0.717, 1.165) is 5.56 Å². The first-order valence-electron chi connectivity index (χ1n) is 3.68. The van der Waals surface area contributed by atoms with E-state index in [1.54, 1.807) is 12.1 Å². The summed E-state index contributed by atoms with van der Waals surface area (Å²) in [5.41, 5.74) is 9.11. The number of esters is 1. The van der Waals surface area contributed by atoms with Crippen LogP contribution in [-0.2, 0) is 4.79 Å². The lowest BCUT2D eigenvalue weighted by atomic mass is 10.2. The van der Waals surface area contributed by atoms with Crippen LogP contribution in [0.4, 0.5) is 0 Å². The molecule has 0 aromatic heterocycles. The van der Waals surface area contributed by atoms with Crippen molar-refractivity contribution in [2.24, 2.45) is 0 Å². The molecule has 0 saturated heterocycles. The molecule has 0 radical (unpaired) electrons. The van der Waals surface area contributed by atoms with E-state index in [0.29, 0.717) is 12.0 Å². The van der Waals surface area contributed by atoms with Crippen molar-refractivity contribution in [2.75, 3.05) is 0 Å². The van der Waals surface area contributed by atoms with E-state index < -0.39 is 5.97 Å². The third kappa shape index (κ3) is 2.89. The molecule has 0 N–H and O–H groups in total. The average Bonchev–Trinajstić information content (AvgIpc) is 2.09. The fraction of sp³-hybridized carbons (Fsp3) is 0.111. The second-order valence-electron chi connectivity index (χ2n) is 2.48. The Bertz CT molecular complexity index is 350. The number of benzene rings is 1. The Kier molecular flexibility index (Phi) is 2.95. The summed E-state index contributed by atoms with van der Waals surface area (Å²) in [5.74, 6) is -0.276. The highest BCUT2D eigenvalue weighted by Crippen LogP contribution is 2.10. The van der Waals surface area contributed by atoms with Gasteiger partial charge in [0.25, 0.3) is 0 Å². The van der Waals surface area contributed by atoms with Crippen molar-refractivity contribution in [1.82, 2.24) is 0 Å². The Balaban J connectivity index is 2.69. The Hall–Kier alpha value is -1.93. The lowest BCUT2D eigenvalue weighted by Crippen LogP contribution is -2.09. The topological polar surface area (TPSA) is 62.7 Å². The van der Waals surface area contributed by atoms with Gasteiger partial charge in [-0.15, -0.1) is 0 Å². The standard InChI is InChI=1S/C9H8N2O2/c1-7-2-4-8(5-3-7)13-9(12)6-11-10/h2-6H,1H3. The largest absolute Gasteiger partial charge is 0.419 e. The fourth-order valence-corrected chi connectivity index (χ4v) is 0.796. The Morgan fingerprint density at radius 3 is 2.62 bits per heavy atom. The average molecular weight is 176 g/mol. The molecule has 0 bridgehead atoms. The maximum Gasteiger partial charge on any atom is 0.419 e. The van der Waals surface area contributed by atoms with Gasteiger partial charge in [-0.2, -0.15) is 4.79 Å². The van der Waals surface area contributed by atoms with E-state index in [9.17, 15) is 4.79 Å². The minimum atomic E-state index is -0.702. The van der Waals surface area contributed by atoms with Crippen LogP contribution in [0.3, 0.4) is 0 Å². The summed E-state index contributed by atoms with van der Waals surface area (Å²) < 4.78 is 4.76. The summed E-state index contributed by atoms with van der Waals surface area (Å²) in [5, 5.41) is 0. The van der Waals surface area contributed by atoms with E-state index >= 15 is 0 Å². The van der Waals surface area contributed by atoms with Crippen LogP contribution in [0.1, 0.15) is 5.56 Å². The molecule has 0 amide bonds. The van der Waals surface area contributed by atoms with E-state index in [1.165, 1.54) is 0 Å². The Morgan fingerprint density at radius 2 is 2.08 bits per heavy atom. The highest BCUT2D eigenvalue weighted by molar-refractivity contribution is 6.21. The highest BCUT2D eigenvalue weighted by atomic mass is 16.5. The Labute approximate surface area is 75.4 Å². The summed E-state index contributed by atoms with van der Waals surface area (Å²) in [6.45, 7) is 1.93. The van der Waals surface area contributed by atoms with Crippen molar-refractivity contribution >= 4 is 12.2 Å². The molecule has 0 saturated carbocycles. The first-order valence-corrected chi connectivity index (χ1v) is 3.68. The highest BCUT2D eigenvalue weighted by Gasteiger charge is 2.04. The molecule has 66 valence electrons. The number of hydrogen-bond acceptors (Lipinski definition) is 2. The predicted octanol–water partition coefficient (Wildman–Crippen LogP) is 1.20. The summed E-state index contributed by atoms with van der Waals surface area (Å²) in [7, 11) is 0. The van der Waals surface area contributed by atoms with Gasteiger partial charge < -0.3 is 10.3 Å². The fourth-order valence-electron chi connectivity index (χ4n) is 0.796. The molecule has 0 atom stereocenters. The molecule has 0 aliphatic rings. The van der Waals surface area contributed by atoms with Gasteiger partial charge in [-0.1, -0.05) is 17.7 Å². The van der Waals surface area contributed by atoms with Gasteiger partial charge in [0.2, 0.25) is 0 Å². The van der Waals surface area contributed by atoms with Crippen molar-refractivity contribution in [3.63, 3.8) is 0 Å². The SMILES string of the molecule is Cc1ccc(OC(=O)C=[N+]=[N-])cc1. The lowest BCUT2D eigenvalue weighted by molar-refractivity contribution is -0.130. The number of hydrogen-bond donors (Lipinski definition) is 0. The molecule has 4 heteroatoms. The molecule has 4 nitrogen and oxygen atoms in total. The molecular weight excluding hydrogens is 168 g/mol. The molecule has 0 aliphatic heterocycles. The summed E-state index contributed by atoms with van der Waals surface area (Å²) in [6, 6.07) is 6.97. The van der Waals surface area contributed by atoms with Gasteiger partial charge in [0.15, 0.2) is 0 Å². The van der Waals surface area contributed by atoms with Crippen LogP contribution < -0.4 is 4.74 Å². The molecule has 1 aromatic carbocycles. The Morgan fingerprint density at radius 1 is 1.46 bits per heavy atom. The van der Waals surface area contributed by atoms with Gasteiger partial charge >= 0.3 is 12.2 Å². The molecule has 0 fully saturated rings. The van der Waals surface area contributed by atoms with Crippen LogP contribution in [0, 0.1) is 6.92 Å². The van der Waals surface area contributed by atoms with Crippen LogP contribution in [-0.4, -0.2) is 17.0 Å². The number of carbonyl (C=O) groups excluding carboxylic acids is 1. The van der Waals surface area contributed by atoms with Crippen molar-refractivity contribution in [3.05, 3.63) is 35.4 Å². The first kappa shape index (κ1) is 9.16. The first-order chi connectivity index (χ1) is 6.22. The van der Waals surface area contributed by atoms with E-state index in [1.807, 2.05) is 19.1 Å². The minimum absolute atomic E-state index is 0.426. The van der Waals surface area contributed by atoms with Gasteiger partial charge in [-0.3, -0.25) is 0 Å². The van der Waals surface area contributed by atoms with Crippen LogP contribution in [0.25, 0.3) is 5.53 Å². The minimum Gasteiger partial charge on any atom is -0.418 e. The zero-order valence-corrected chi connectivity index (χ0v) is 7.10. The second kappa shape index (κ2) is 4.18. The molecule has 0 unspecified atom stereocenters. The van der Waals surface area contributed by atoms with Crippen LogP contribution in [0.15, 0.2) is 24.3 Å². The summed E-state index contributed by atoms with van der Waals surface area (Å²) in [4.78, 5) is 13.3. The molecule has 0 spiro atoms. The zero-order valence-electron chi connectivity index (χ0n) is 7.10. The van der Waals surface area contributed by atoms with E-state index in [4.69, 9.17) is 10.3 Å². The maximum atomic E-state index is 10.8. The quantitative estimate of drug-likeness (QED) is 0.223. The number of ether oxygens (including phenoxy) is 1.